The van der Waals surface area contributed by atoms with E-state index in [0.29, 0.717) is 14.8 Å². The highest BCUT2D eigenvalue weighted by atomic mass is 35.5. The first-order chi connectivity index (χ1) is 10.3. The Labute approximate surface area is 137 Å². The van der Waals surface area contributed by atoms with Crippen LogP contribution in [0.1, 0.15) is 12.0 Å². The summed E-state index contributed by atoms with van der Waals surface area (Å²) < 4.78 is 27.9. The molecule has 8 heteroatoms. The zero-order valence-corrected chi connectivity index (χ0v) is 14.1. The molecule has 1 saturated heterocycles. The van der Waals surface area contributed by atoms with E-state index in [-0.39, 0.29) is 25.4 Å². The number of carbonyl (C=O) groups is 1. The number of rotatable bonds is 4. The number of aryl methyl sites for hydroxylation is 1. The topological polar surface area (TPSA) is 74.7 Å². The number of thiophene rings is 1. The van der Waals surface area contributed by atoms with Gasteiger partial charge in [0.05, 0.1) is 6.42 Å². The molecule has 3 rings (SSSR count). The van der Waals surface area contributed by atoms with E-state index in [1.807, 2.05) is 6.07 Å². The van der Waals surface area contributed by atoms with E-state index in [0.717, 1.165) is 10.1 Å². The Kier molecular flexibility index (Phi) is 3.92. The smallest absolute Gasteiger partial charge is 0.303 e. The maximum Gasteiger partial charge on any atom is 0.303 e. The Morgan fingerprint density at radius 3 is 2.73 bits per heavy atom. The minimum absolute atomic E-state index is 0.00322. The summed E-state index contributed by atoms with van der Waals surface area (Å²) in [5, 5.41) is 10.1. The van der Waals surface area contributed by atoms with E-state index in [9.17, 15) is 13.2 Å². The van der Waals surface area contributed by atoms with Crippen molar-refractivity contribution in [3.63, 3.8) is 0 Å². The molecule has 5 nitrogen and oxygen atoms in total. The van der Waals surface area contributed by atoms with Gasteiger partial charge in [-0.05, 0) is 30.5 Å². The van der Waals surface area contributed by atoms with Crippen LogP contribution in [0.15, 0.2) is 22.4 Å². The van der Waals surface area contributed by atoms with Crippen molar-refractivity contribution in [1.82, 2.24) is 4.31 Å². The summed E-state index contributed by atoms with van der Waals surface area (Å²) in [6, 6.07) is 5.39. The fourth-order valence-electron chi connectivity index (χ4n) is 2.69. The Hall–Kier alpha value is -1.15. The predicted molar refractivity (Wildman–Crippen MR) is 86.1 cm³/mol. The molecule has 1 N–H and O–H groups in total. The lowest BCUT2D eigenvalue weighted by molar-refractivity contribution is -0.139. The molecule has 0 atom stereocenters. The summed E-state index contributed by atoms with van der Waals surface area (Å²) in [4.78, 5) is 10.7. The summed E-state index contributed by atoms with van der Waals surface area (Å²) in [7, 11) is -3.58. The van der Waals surface area contributed by atoms with Crippen molar-refractivity contribution >= 4 is 49.0 Å². The molecular formula is C14H14ClNO4S2. The van der Waals surface area contributed by atoms with Crippen LogP contribution in [0.5, 0.6) is 0 Å². The molecule has 22 heavy (non-hydrogen) atoms. The minimum atomic E-state index is -3.58. The number of benzene rings is 1. The van der Waals surface area contributed by atoms with Crippen LogP contribution in [0.2, 0.25) is 5.02 Å². The minimum Gasteiger partial charge on any atom is -0.481 e. The van der Waals surface area contributed by atoms with Crippen LogP contribution in [-0.4, -0.2) is 36.9 Å². The molecule has 1 aliphatic rings. The second-order valence-electron chi connectivity index (χ2n) is 5.41. The molecular weight excluding hydrogens is 346 g/mol. The van der Waals surface area contributed by atoms with Gasteiger partial charge < -0.3 is 5.11 Å². The standard InChI is InChI=1S/C14H14ClNO4S2/c1-8-13-10(15)3-2-4-11(13)21-14(8)22(19,20)16-6-9(7-16)5-12(17)18/h2-4,9H,5-7H2,1H3,(H,17,18). The van der Waals surface area contributed by atoms with Crippen molar-refractivity contribution in [2.75, 3.05) is 13.1 Å². The Morgan fingerprint density at radius 1 is 1.45 bits per heavy atom. The van der Waals surface area contributed by atoms with Crippen LogP contribution in [-0.2, 0) is 14.8 Å². The van der Waals surface area contributed by atoms with Gasteiger partial charge in [0.15, 0.2) is 0 Å². The summed E-state index contributed by atoms with van der Waals surface area (Å²) in [5.74, 6) is -1.00. The number of hydrogen-bond donors (Lipinski definition) is 1. The van der Waals surface area contributed by atoms with Crippen molar-refractivity contribution in [3.05, 3.63) is 28.8 Å². The predicted octanol–water partition coefficient (Wildman–Crippen LogP) is 2.96. The van der Waals surface area contributed by atoms with Gasteiger partial charge in [0.2, 0.25) is 0 Å². The Morgan fingerprint density at radius 2 is 2.14 bits per heavy atom. The van der Waals surface area contributed by atoms with Crippen LogP contribution >= 0.6 is 22.9 Å². The first-order valence-electron chi connectivity index (χ1n) is 6.70. The van der Waals surface area contributed by atoms with Gasteiger partial charge in [-0.15, -0.1) is 11.3 Å². The third kappa shape index (κ3) is 2.52. The molecule has 0 amide bonds. The van der Waals surface area contributed by atoms with E-state index in [4.69, 9.17) is 16.7 Å². The largest absolute Gasteiger partial charge is 0.481 e. The number of nitrogens with zero attached hydrogens (tertiary/aromatic N) is 1. The Bertz CT molecular complexity index is 853. The average molecular weight is 360 g/mol. The molecule has 0 radical (unpaired) electrons. The lowest BCUT2D eigenvalue weighted by Crippen LogP contribution is -2.50. The molecule has 0 saturated carbocycles. The van der Waals surface area contributed by atoms with Gasteiger partial charge in [-0.25, -0.2) is 8.42 Å². The lowest BCUT2D eigenvalue weighted by Gasteiger charge is -2.37. The molecule has 0 aliphatic carbocycles. The van der Waals surface area contributed by atoms with Crippen LogP contribution in [0.3, 0.4) is 0 Å². The van der Waals surface area contributed by atoms with Crippen molar-refractivity contribution < 1.29 is 18.3 Å². The van der Waals surface area contributed by atoms with Crippen LogP contribution in [0.25, 0.3) is 10.1 Å². The number of halogens is 1. The van der Waals surface area contributed by atoms with Gasteiger partial charge >= 0.3 is 5.97 Å². The molecule has 1 aliphatic heterocycles. The van der Waals surface area contributed by atoms with E-state index in [2.05, 4.69) is 0 Å². The second kappa shape index (κ2) is 5.49. The van der Waals surface area contributed by atoms with Gasteiger partial charge in [-0.3, -0.25) is 4.79 Å². The number of carboxylic acid groups (broad SMARTS) is 1. The Balaban J connectivity index is 1.93. The van der Waals surface area contributed by atoms with Gasteiger partial charge in [0, 0.05) is 28.2 Å². The number of fused-ring (bicyclic) bond motifs is 1. The SMILES string of the molecule is Cc1c(S(=O)(=O)N2CC(CC(=O)O)C2)sc2cccc(Cl)c12. The van der Waals surface area contributed by atoms with Crippen LogP contribution in [0, 0.1) is 12.8 Å². The molecule has 2 aromatic rings. The highest BCUT2D eigenvalue weighted by Gasteiger charge is 2.39. The zero-order chi connectivity index (χ0) is 16.1. The first kappa shape index (κ1) is 15.7. The van der Waals surface area contributed by atoms with E-state index >= 15 is 0 Å². The zero-order valence-electron chi connectivity index (χ0n) is 11.7. The molecule has 1 fully saturated rings. The summed E-state index contributed by atoms with van der Waals surface area (Å²) in [6.45, 7) is 2.28. The number of hydrogen-bond acceptors (Lipinski definition) is 4. The molecule has 0 bridgehead atoms. The van der Waals surface area contributed by atoms with Crippen molar-refractivity contribution in [1.29, 1.82) is 0 Å². The van der Waals surface area contributed by atoms with Crippen molar-refractivity contribution in [2.45, 2.75) is 17.6 Å². The van der Waals surface area contributed by atoms with Gasteiger partial charge in [0.25, 0.3) is 10.0 Å². The van der Waals surface area contributed by atoms with Crippen molar-refractivity contribution in [3.8, 4) is 0 Å². The fraction of sp³-hybridized carbons (Fsp3) is 0.357. The van der Waals surface area contributed by atoms with E-state index in [1.54, 1.807) is 19.1 Å². The number of aliphatic carboxylic acids is 1. The number of carboxylic acids is 1. The highest BCUT2D eigenvalue weighted by Crippen LogP contribution is 2.40. The van der Waals surface area contributed by atoms with Gasteiger partial charge in [-0.2, -0.15) is 4.31 Å². The monoisotopic (exact) mass is 359 g/mol. The summed E-state index contributed by atoms with van der Waals surface area (Å²) >= 11 is 7.37. The summed E-state index contributed by atoms with van der Waals surface area (Å²) in [5.41, 5.74) is 0.660. The third-order valence-corrected chi connectivity index (χ3v) is 7.82. The normalized spacial score (nSPS) is 16.8. The second-order valence-corrected chi connectivity index (χ2v) is 9.01. The summed E-state index contributed by atoms with van der Waals surface area (Å²) in [6.07, 6.45) is 0.00322. The van der Waals surface area contributed by atoms with E-state index < -0.39 is 16.0 Å². The molecule has 0 unspecified atom stereocenters. The molecule has 118 valence electrons. The van der Waals surface area contributed by atoms with Crippen LogP contribution in [0.4, 0.5) is 0 Å². The molecule has 1 aromatic heterocycles. The maximum atomic E-state index is 12.7. The van der Waals surface area contributed by atoms with Crippen molar-refractivity contribution in [2.24, 2.45) is 5.92 Å². The van der Waals surface area contributed by atoms with Gasteiger partial charge in [0.1, 0.15) is 4.21 Å². The van der Waals surface area contributed by atoms with Gasteiger partial charge in [-0.1, -0.05) is 17.7 Å². The van der Waals surface area contributed by atoms with E-state index in [1.165, 1.54) is 15.6 Å². The quantitative estimate of drug-likeness (QED) is 0.910. The fourth-order valence-corrected chi connectivity index (χ4v) is 6.57. The average Bonchev–Trinajstić information content (AvgIpc) is 2.72. The molecule has 1 aromatic carbocycles. The third-order valence-electron chi connectivity index (χ3n) is 3.82. The molecule has 0 spiro atoms. The highest BCUT2D eigenvalue weighted by molar-refractivity contribution is 7.91. The maximum absolute atomic E-state index is 12.7. The number of sulfonamides is 1. The van der Waals surface area contributed by atoms with Crippen LogP contribution < -0.4 is 0 Å². The lowest BCUT2D eigenvalue weighted by atomic mass is 10.00. The first-order valence-corrected chi connectivity index (χ1v) is 9.33. The molecule has 2 heterocycles.